The minimum Gasteiger partial charge on any atom is -0.359 e. The number of nitrogens with one attached hydrogen (secondary N) is 2. The number of likely N-dealkylation sites (tertiary alicyclic amines) is 1. The van der Waals surface area contributed by atoms with Crippen molar-refractivity contribution >= 4 is 11.9 Å². The molecule has 0 saturated carbocycles. The van der Waals surface area contributed by atoms with Gasteiger partial charge in [0.15, 0.2) is 0 Å². The number of hydrogen-bond acceptors (Lipinski definition) is 2. The van der Waals surface area contributed by atoms with Crippen LogP contribution in [0, 0.1) is 5.92 Å². The van der Waals surface area contributed by atoms with Crippen LogP contribution in [0.15, 0.2) is 0 Å². The van der Waals surface area contributed by atoms with Gasteiger partial charge in [0, 0.05) is 27.2 Å². The molecule has 0 aromatic carbocycles. The van der Waals surface area contributed by atoms with Gasteiger partial charge in [0.2, 0.25) is 5.91 Å². The summed E-state index contributed by atoms with van der Waals surface area (Å²) >= 11 is 0. The Hall–Kier alpha value is -1.26. The number of nitrogens with zero attached hydrogens (tertiary/aromatic N) is 1. The highest BCUT2D eigenvalue weighted by atomic mass is 16.2. The van der Waals surface area contributed by atoms with Crippen LogP contribution in [0.5, 0.6) is 0 Å². The quantitative estimate of drug-likeness (QED) is 0.532. The zero-order valence-electron chi connectivity index (χ0n) is 7.26. The standard InChI is InChI=1S/C7H13N3O2/c1-8-6(11)5-3-10(4-5)7(12)9-2/h5H,3-4H2,1-2H3,(H,8,11)(H,9,12). The van der Waals surface area contributed by atoms with Gasteiger partial charge in [-0.25, -0.2) is 4.79 Å². The van der Waals surface area contributed by atoms with Crippen LogP contribution >= 0.6 is 0 Å². The van der Waals surface area contributed by atoms with Gasteiger partial charge in [-0.2, -0.15) is 0 Å². The zero-order chi connectivity index (χ0) is 9.14. The van der Waals surface area contributed by atoms with Gasteiger partial charge < -0.3 is 15.5 Å². The monoisotopic (exact) mass is 171 g/mol. The molecule has 1 aliphatic heterocycles. The van der Waals surface area contributed by atoms with E-state index in [1.54, 1.807) is 19.0 Å². The number of amides is 3. The Morgan fingerprint density at radius 2 is 1.83 bits per heavy atom. The Labute approximate surface area is 71.1 Å². The summed E-state index contributed by atoms with van der Waals surface area (Å²) in [5, 5.41) is 5.05. The molecule has 68 valence electrons. The lowest BCUT2D eigenvalue weighted by molar-refractivity contribution is -0.128. The first-order valence-electron chi connectivity index (χ1n) is 3.87. The maximum atomic E-state index is 11.0. The van der Waals surface area contributed by atoms with Gasteiger partial charge in [-0.3, -0.25) is 4.79 Å². The number of carbonyl (C=O) groups is 2. The Kier molecular flexibility index (Phi) is 2.52. The molecule has 0 unspecified atom stereocenters. The van der Waals surface area contributed by atoms with Crippen LogP contribution in [0.3, 0.4) is 0 Å². The van der Waals surface area contributed by atoms with E-state index in [9.17, 15) is 9.59 Å². The molecule has 1 rings (SSSR count). The molecule has 0 aromatic heterocycles. The van der Waals surface area contributed by atoms with E-state index in [4.69, 9.17) is 0 Å². The van der Waals surface area contributed by atoms with E-state index in [1.165, 1.54) is 0 Å². The maximum Gasteiger partial charge on any atom is 0.317 e. The summed E-state index contributed by atoms with van der Waals surface area (Å²) in [5.41, 5.74) is 0. The van der Waals surface area contributed by atoms with Crippen LogP contribution in [-0.4, -0.2) is 44.0 Å². The van der Waals surface area contributed by atoms with E-state index in [0.717, 1.165) is 0 Å². The Morgan fingerprint density at radius 1 is 1.25 bits per heavy atom. The third-order valence-corrected chi connectivity index (χ3v) is 2.00. The molecular weight excluding hydrogens is 158 g/mol. The smallest absolute Gasteiger partial charge is 0.317 e. The van der Waals surface area contributed by atoms with Gasteiger partial charge in [-0.05, 0) is 0 Å². The predicted molar refractivity (Wildman–Crippen MR) is 43.6 cm³/mol. The van der Waals surface area contributed by atoms with Crippen LogP contribution < -0.4 is 10.6 Å². The second kappa shape index (κ2) is 3.42. The second-order valence-electron chi connectivity index (χ2n) is 2.77. The molecule has 1 heterocycles. The fourth-order valence-electron chi connectivity index (χ4n) is 1.17. The first-order valence-corrected chi connectivity index (χ1v) is 3.87. The summed E-state index contributed by atoms with van der Waals surface area (Å²) in [5.74, 6) is -0.0116. The number of carbonyl (C=O) groups excluding carboxylic acids is 2. The van der Waals surface area contributed by atoms with E-state index >= 15 is 0 Å². The maximum absolute atomic E-state index is 11.0. The van der Waals surface area contributed by atoms with Crippen molar-refractivity contribution in [3.05, 3.63) is 0 Å². The predicted octanol–water partition coefficient (Wildman–Crippen LogP) is -0.996. The van der Waals surface area contributed by atoms with Crippen LogP contribution in [0.1, 0.15) is 0 Å². The molecule has 3 amide bonds. The largest absolute Gasteiger partial charge is 0.359 e. The molecule has 2 N–H and O–H groups in total. The molecule has 1 fully saturated rings. The van der Waals surface area contributed by atoms with Crippen molar-refractivity contribution in [1.29, 1.82) is 0 Å². The van der Waals surface area contributed by atoms with Gasteiger partial charge >= 0.3 is 6.03 Å². The van der Waals surface area contributed by atoms with E-state index in [1.807, 2.05) is 0 Å². The summed E-state index contributed by atoms with van der Waals surface area (Å²) in [6.07, 6.45) is 0. The first-order chi connectivity index (χ1) is 5.69. The molecular formula is C7H13N3O2. The SMILES string of the molecule is CNC(=O)C1CN(C(=O)NC)C1. The van der Waals surface area contributed by atoms with Gasteiger partial charge in [-0.1, -0.05) is 0 Å². The molecule has 0 spiro atoms. The minimum absolute atomic E-state index is 0.00940. The summed E-state index contributed by atoms with van der Waals surface area (Å²) in [6.45, 7) is 1.05. The van der Waals surface area contributed by atoms with E-state index in [0.29, 0.717) is 13.1 Å². The third kappa shape index (κ3) is 1.49. The average Bonchev–Trinajstić information content (AvgIpc) is 2.01. The highest BCUT2D eigenvalue weighted by molar-refractivity contribution is 5.83. The molecule has 5 heteroatoms. The number of rotatable bonds is 1. The number of urea groups is 1. The van der Waals surface area contributed by atoms with Gasteiger partial charge in [-0.15, -0.1) is 0 Å². The fraction of sp³-hybridized carbons (Fsp3) is 0.714. The molecule has 0 radical (unpaired) electrons. The molecule has 1 aliphatic rings. The van der Waals surface area contributed by atoms with Crippen LogP contribution in [0.2, 0.25) is 0 Å². The number of hydrogen-bond donors (Lipinski definition) is 2. The highest BCUT2D eigenvalue weighted by Crippen LogP contribution is 2.14. The first kappa shape index (κ1) is 8.83. The highest BCUT2D eigenvalue weighted by Gasteiger charge is 2.34. The normalized spacial score (nSPS) is 16.7. The lowest BCUT2D eigenvalue weighted by Gasteiger charge is -2.37. The van der Waals surface area contributed by atoms with Crippen molar-refractivity contribution in [3.63, 3.8) is 0 Å². The third-order valence-electron chi connectivity index (χ3n) is 2.00. The summed E-state index contributed by atoms with van der Waals surface area (Å²) in [4.78, 5) is 23.5. The van der Waals surface area contributed by atoms with Crippen LogP contribution in [0.4, 0.5) is 4.79 Å². The molecule has 0 atom stereocenters. The minimum atomic E-state index is -0.116. The summed E-state index contributed by atoms with van der Waals surface area (Å²) < 4.78 is 0. The van der Waals surface area contributed by atoms with Crippen molar-refractivity contribution in [2.24, 2.45) is 5.92 Å². The summed E-state index contributed by atoms with van der Waals surface area (Å²) in [7, 11) is 3.18. The van der Waals surface area contributed by atoms with E-state index in [-0.39, 0.29) is 17.9 Å². The van der Waals surface area contributed by atoms with Gasteiger partial charge in [0.05, 0.1) is 5.92 Å². The van der Waals surface area contributed by atoms with Gasteiger partial charge in [0.1, 0.15) is 0 Å². The van der Waals surface area contributed by atoms with Crippen molar-refractivity contribution < 1.29 is 9.59 Å². The molecule has 0 aliphatic carbocycles. The zero-order valence-corrected chi connectivity index (χ0v) is 7.26. The van der Waals surface area contributed by atoms with Crippen molar-refractivity contribution in [2.75, 3.05) is 27.2 Å². The lowest BCUT2D eigenvalue weighted by atomic mass is 10.00. The van der Waals surface area contributed by atoms with Crippen molar-refractivity contribution in [1.82, 2.24) is 15.5 Å². The molecule has 1 saturated heterocycles. The molecule has 0 aromatic rings. The van der Waals surface area contributed by atoms with Crippen LogP contribution in [0.25, 0.3) is 0 Å². The lowest BCUT2D eigenvalue weighted by Crippen LogP contribution is -2.57. The summed E-state index contributed by atoms with van der Waals surface area (Å²) in [6, 6.07) is -0.116. The van der Waals surface area contributed by atoms with Crippen LogP contribution in [-0.2, 0) is 4.79 Å². The van der Waals surface area contributed by atoms with E-state index in [2.05, 4.69) is 10.6 Å². The van der Waals surface area contributed by atoms with E-state index < -0.39 is 0 Å². The Balaban J connectivity index is 2.28. The Morgan fingerprint density at radius 3 is 2.25 bits per heavy atom. The Bertz CT molecular complexity index is 179. The molecule has 5 nitrogen and oxygen atoms in total. The molecule has 12 heavy (non-hydrogen) atoms. The van der Waals surface area contributed by atoms with Crippen molar-refractivity contribution in [2.45, 2.75) is 0 Å². The van der Waals surface area contributed by atoms with Crippen molar-refractivity contribution in [3.8, 4) is 0 Å². The van der Waals surface area contributed by atoms with Gasteiger partial charge in [0.25, 0.3) is 0 Å². The molecule has 0 bridgehead atoms. The topological polar surface area (TPSA) is 61.4 Å². The fourth-order valence-corrected chi connectivity index (χ4v) is 1.17. The average molecular weight is 171 g/mol. The second-order valence-corrected chi connectivity index (χ2v) is 2.77.